The third kappa shape index (κ3) is 2.32. The average Bonchev–Trinajstić information content (AvgIpc) is 2.65. The van der Waals surface area contributed by atoms with Crippen molar-refractivity contribution in [3.63, 3.8) is 0 Å². The van der Waals surface area contributed by atoms with Crippen molar-refractivity contribution in [1.82, 2.24) is 0 Å². The van der Waals surface area contributed by atoms with Gasteiger partial charge in [0.25, 0.3) is 0 Å². The lowest BCUT2D eigenvalue weighted by atomic mass is 9.35. The Hall–Kier alpha value is -1.19. The summed E-state index contributed by atoms with van der Waals surface area (Å²) in [6.45, 7) is 10.8. The molecule has 156 valence electrons. The summed E-state index contributed by atoms with van der Waals surface area (Å²) in [5, 5.41) is 0. The fourth-order valence-electron chi connectivity index (χ4n) is 8.49. The van der Waals surface area contributed by atoms with E-state index >= 15 is 0 Å². The van der Waals surface area contributed by atoms with Gasteiger partial charge in [0.15, 0.2) is 0 Å². The molecule has 4 aliphatic carbocycles. The molecule has 7 atom stereocenters. The lowest BCUT2D eigenvalue weighted by Gasteiger charge is -2.68. The number of ether oxygens (including phenoxy) is 1. The molecule has 0 aliphatic heterocycles. The van der Waals surface area contributed by atoms with Gasteiger partial charge < -0.3 is 4.74 Å². The zero-order chi connectivity index (χ0) is 20.5. The average molecular weight is 389 g/mol. The molecule has 0 saturated heterocycles. The summed E-state index contributed by atoms with van der Waals surface area (Å²) in [4.78, 5) is 38.7. The molecule has 4 fully saturated rings. The Bertz CT molecular complexity index is 728. The molecule has 28 heavy (non-hydrogen) atoms. The second-order valence-corrected chi connectivity index (χ2v) is 11.1. The largest absolute Gasteiger partial charge is 0.466 e. The number of esters is 1. The minimum atomic E-state index is -0.470. The number of Topliss-reactive ketones (excluding diaryl/α,β-unsaturated/α-hetero) is 2. The summed E-state index contributed by atoms with van der Waals surface area (Å²) in [5.74, 6) is 0.221. The fourth-order valence-corrected chi connectivity index (χ4v) is 8.49. The van der Waals surface area contributed by atoms with E-state index in [4.69, 9.17) is 4.74 Å². The van der Waals surface area contributed by atoms with Gasteiger partial charge in [0, 0.05) is 11.3 Å². The molecule has 4 aliphatic rings. The van der Waals surface area contributed by atoms with Gasteiger partial charge in [-0.3, -0.25) is 14.4 Å². The number of rotatable bonds is 2. The number of ketones is 2. The Morgan fingerprint density at radius 3 is 2.39 bits per heavy atom. The first-order valence-corrected chi connectivity index (χ1v) is 11.3. The maximum absolute atomic E-state index is 13.0. The van der Waals surface area contributed by atoms with Crippen LogP contribution in [0.1, 0.15) is 86.0 Å². The number of fused-ring (bicyclic) bond motifs is 3. The Morgan fingerprint density at radius 1 is 1.04 bits per heavy atom. The lowest BCUT2D eigenvalue weighted by molar-refractivity contribution is -0.210. The van der Waals surface area contributed by atoms with Crippen LogP contribution in [0.5, 0.6) is 0 Å². The van der Waals surface area contributed by atoms with Gasteiger partial charge in [0.2, 0.25) is 11.6 Å². The standard InChI is InChI=1S/C24H36O4/c1-6-28-20(27)23(5)11-7-10-22(4)16(23)9-13-24-14-21(3,12-8-17(22)24)19(26)18(25)15(24)2/h15-17H,6-14H2,1-5H3/t15-,16?,17?,21-,22-,23-,24-/m1/s1. The van der Waals surface area contributed by atoms with Crippen LogP contribution < -0.4 is 0 Å². The van der Waals surface area contributed by atoms with Crippen LogP contribution in [0.4, 0.5) is 0 Å². The Morgan fingerprint density at radius 2 is 1.71 bits per heavy atom. The third-order valence-corrected chi connectivity index (χ3v) is 9.84. The molecule has 1 spiro atoms. The summed E-state index contributed by atoms with van der Waals surface area (Å²) in [5.41, 5.74) is -0.935. The SMILES string of the molecule is CCOC(=O)[C@]1(C)CCC[C@@]2(C)C3CC[C@]4(C)C[C@]3(CCC21)[C@H](C)C(=O)C4=O. The molecule has 4 nitrogen and oxygen atoms in total. The van der Waals surface area contributed by atoms with Crippen LogP contribution in [0.25, 0.3) is 0 Å². The van der Waals surface area contributed by atoms with E-state index in [1.54, 1.807) is 0 Å². The van der Waals surface area contributed by atoms with Crippen molar-refractivity contribution in [3.05, 3.63) is 0 Å². The molecule has 0 amide bonds. The van der Waals surface area contributed by atoms with Gasteiger partial charge in [-0.2, -0.15) is 0 Å². The summed E-state index contributed by atoms with van der Waals surface area (Å²) in [6, 6.07) is 0. The minimum absolute atomic E-state index is 0.0360. The third-order valence-electron chi connectivity index (χ3n) is 9.84. The lowest BCUT2D eigenvalue weighted by Crippen LogP contribution is -2.66. The quantitative estimate of drug-likeness (QED) is 0.506. The van der Waals surface area contributed by atoms with Gasteiger partial charge in [-0.05, 0) is 81.5 Å². The van der Waals surface area contributed by atoms with Crippen LogP contribution in [0.3, 0.4) is 0 Å². The topological polar surface area (TPSA) is 60.4 Å². The van der Waals surface area contributed by atoms with Gasteiger partial charge in [-0.25, -0.2) is 0 Å². The molecule has 0 N–H and O–H groups in total. The molecule has 0 heterocycles. The highest BCUT2D eigenvalue weighted by molar-refractivity contribution is 6.40. The summed E-state index contributed by atoms with van der Waals surface area (Å²) >= 11 is 0. The molecule has 0 aromatic heterocycles. The molecular formula is C24H36O4. The smallest absolute Gasteiger partial charge is 0.312 e. The van der Waals surface area contributed by atoms with E-state index in [2.05, 4.69) is 13.8 Å². The normalized spacial score (nSPS) is 50.5. The van der Waals surface area contributed by atoms with Crippen molar-refractivity contribution in [3.8, 4) is 0 Å². The first-order chi connectivity index (χ1) is 13.0. The van der Waals surface area contributed by atoms with Gasteiger partial charge in [-0.15, -0.1) is 0 Å². The van der Waals surface area contributed by atoms with E-state index in [-0.39, 0.29) is 34.3 Å². The Balaban J connectivity index is 1.76. The molecule has 0 radical (unpaired) electrons. The molecule has 2 bridgehead atoms. The molecule has 4 heteroatoms. The summed E-state index contributed by atoms with van der Waals surface area (Å²) in [7, 11) is 0. The van der Waals surface area contributed by atoms with Crippen molar-refractivity contribution in [1.29, 1.82) is 0 Å². The van der Waals surface area contributed by atoms with E-state index < -0.39 is 10.8 Å². The Labute approximate surface area is 169 Å². The van der Waals surface area contributed by atoms with E-state index in [0.717, 1.165) is 51.4 Å². The summed E-state index contributed by atoms with van der Waals surface area (Å²) < 4.78 is 5.52. The predicted molar refractivity (Wildman–Crippen MR) is 106 cm³/mol. The minimum Gasteiger partial charge on any atom is -0.466 e. The van der Waals surface area contributed by atoms with Crippen molar-refractivity contribution < 1.29 is 19.1 Å². The number of hydrogen-bond donors (Lipinski definition) is 0. The maximum atomic E-state index is 13.0. The van der Waals surface area contributed by atoms with Gasteiger partial charge >= 0.3 is 5.97 Å². The van der Waals surface area contributed by atoms with Crippen LogP contribution in [0.15, 0.2) is 0 Å². The molecule has 0 aromatic carbocycles. The first kappa shape index (κ1) is 20.1. The number of carbonyl (C=O) groups is 3. The molecule has 0 aromatic rings. The number of carbonyl (C=O) groups excluding carboxylic acids is 3. The molecule has 4 saturated carbocycles. The summed E-state index contributed by atoms with van der Waals surface area (Å²) in [6.07, 6.45) is 7.65. The van der Waals surface area contributed by atoms with E-state index in [1.165, 1.54) is 0 Å². The van der Waals surface area contributed by atoms with Crippen LogP contribution in [-0.2, 0) is 19.1 Å². The second-order valence-electron chi connectivity index (χ2n) is 11.1. The second kappa shape index (κ2) is 6.15. The molecule has 2 unspecified atom stereocenters. The van der Waals surface area contributed by atoms with Gasteiger partial charge in [0.1, 0.15) is 0 Å². The van der Waals surface area contributed by atoms with Crippen LogP contribution in [0.2, 0.25) is 0 Å². The highest BCUT2D eigenvalue weighted by Crippen LogP contribution is 2.72. The van der Waals surface area contributed by atoms with Crippen molar-refractivity contribution in [2.75, 3.05) is 6.61 Å². The monoisotopic (exact) mass is 388 g/mol. The number of hydrogen-bond acceptors (Lipinski definition) is 4. The van der Waals surface area contributed by atoms with Crippen LogP contribution >= 0.6 is 0 Å². The van der Waals surface area contributed by atoms with Crippen molar-refractivity contribution in [2.45, 2.75) is 86.0 Å². The van der Waals surface area contributed by atoms with Crippen molar-refractivity contribution >= 4 is 17.5 Å². The first-order valence-electron chi connectivity index (χ1n) is 11.3. The zero-order valence-corrected chi connectivity index (χ0v) is 18.2. The van der Waals surface area contributed by atoms with E-state index in [1.807, 2.05) is 20.8 Å². The zero-order valence-electron chi connectivity index (χ0n) is 18.2. The van der Waals surface area contributed by atoms with Crippen molar-refractivity contribution in [2.24, 2.45) is 39.4 Å². The van der Waals surface area contributed by atoms with E-state index in [0.29, 0.717) is 18.4 Å². The highest BCUT2D eigenvalue weighted by Gasteiger charge is 2.69. The predicted octanol–water partition coefficient (Wildman–Crippen LogP) is 4.74. The van der Waals surface area contributed by atoms with Gasteiger partial charge in [-0.1, -0.05) is 27.2 Å². The highest BCUT2D eigenvalue weighted by atomic mass is 16.5. The fraction of sp³-hybridized carbons (Fsp3) is 0.875. The molecular weight excluding hydrogens is 352 g/mol. The maximum Gasteiger partial charge on any atom is 0.312 e. The van der Waals surface area contributed by atoms with E-state index in [9.17, 15) is 14.4 Å². The Kier molecular flexibility index (Phi) is 4.42. The van der Waals surface area contributed by atoms with Crippen LogP contribution in [0, 0.1) is 39.4 Å². The molecule has 4 rings (SSSR count). The van der Waals surface area contributed by atoms with Gasteiger partial charge in [0.05, 0.1) is 12.0 Å². The van der Waals surface area contributed by atoms with Crippen LogP contribution in [-0.4, -0.2) is 24.1 Å².